The van der Waals surface area contributed by atoms with Crippen LogP contribution in [0.25, 0.3) is 0 Å². The van der Waals surface area contributed by atoms with Crippen LogP contribution in [0.1, 0.15) is 39.0 Å². The summed E-state index contributed by atoms with van der Waals surface area (Å²) in [5.74, 6) is 0.101. The van der Waals surface area contributed by atoms with Crippen LogP contribution < -0.4 is 0 Å². The third kappa shape index (κ3) is 1.84. The maximum absolute atomic E-state index is 12.4. The van der Waals surface area contributed by atoms with Crippen molar-refractivity contribution in [3.8, 4) is 0 Å². The lowest BCUT2D eigenvalue weighted by Gasteiger charge is -2.06. The highest BCUT2D eigenvalue weighted by Crippen LogP contribution is 2.24. The fraction of sp³-hybridized carbons (Fsp3) is 0.250. The molecule has 0 aliphatic heterocycles. The largest absolute Gasteiger partial charge is 0.289 e. The summed E-state index contributed by atoms with van der Waals surface area (Å²) in [6.07, 6.45) is 6.87. The number of aryl methyl sites for hydroxylation is 3. The van der Waals surface area contributed by atoms with Crippen molar-refractivity contribution in [1.29, 1.82) is 0 Å². The van der Waals surface area contributed by atoms with Gasteiger partial charge in [-0.2, -0.15) is 0 Å². The molecule has 0 fully saturated rings. The van der Waals surface area contributed by atoms with Gasteiger partial charge in [0.2, 0.25) is 0 Å². The number of nitrogens with zero attached hydrogens (tertiary/aromatic N) is 1. The first kappa shape index (κ1) is 11.1. The van der Waals surface area contributed by atoms with Crippen molar-refractivity contribution >= 4 is 5.78 Å². The zero-order valence-corrected chi connectivity index (χ0v) is 10.4. The summed E-state index contributed by atoms with van der Waals surface area (Å²) in [5.41, 5.74) is 5.22. The number of hydrogen-bond donors (Lipinski definition) is 0. The first-order valence-corrected chi connectivity index (χ1v) is 6.33. The molecule has 0 unspecified atom stereocenters. The minimum absolute atomic E-state index is 0.101. The zero-order valence-electron chi connectivity index (χ0n) is 10.4. The fourth-order valence-electron chi connectivity index (χ4n) is 2.60. The van der Waals surface area contributed by atoms with E-state index in [0.717, 1.165) is 29.5 Å². The lowest BCUT2D eigenvalue weighted by Crippen LogP contribution is -2.04. The number of pyridine rings is 1. The van der Waals surface area contributed by atoms with Crippen LogP contribution in [0.5, 0.6) is 0 Å². The molecule has 1 aliphatic carbocycles. The van der Waals surface area contributed by atoms with Crippen molar-refractivity contribution in [2.75, 3.05) is 0 Å². The van der Waals surface area contributed by atoms with Gasteiger partial charge in [0.25, 0.3) is 0 Å². The van der Waals surface area contributed by atoms with E-state index < -0.39 is 0 Å². The van der Waals surface area contributed by atoms with E-state index in [1.807, 2.05) is 13.0 Å². The molecule has 0 spiro atoms. The Labute approximate surface area is 107 Å². The van der Waals surface area contributed by atoms with Gasteiger partial charge in [-0.1, -0.05) is 12.1 Å². The van der Waals surface area contributed by atoms with E-state index in [4.69, 9.17) is 0 Å². The Kier molecular flexibility index (Phi) is 2.71. The molecule has 0 atom stereocenters. The van der Waals surface area contributed by atoms with Crippen LogP contribution in [0.2, 0.25) is 0 Å². The van der Waals surface area contributed by atoms with Crippen LogP contribution in [-0.2, 0) is 12.8 Å². The molecular weight excluding hydrogens is 222 g/mol. The van der Waals surface area contributed by atoms with Crippen LogP contribution in [0, 0.1) is 6.92 Å². The standard InChI is InChI=1S/C16H15NO/c1-11-10-17-8-7-15(11)16(18)14-6-5-12-3-2-4-13(12)9-14/h5-10H,2-4H2,1H3. The lowest BCUT2D eigenvalue weighted by molar-refractivity contribution is 0.103. The third-order valence-corrected chi connectivity index (χ3v) is 3.63. The van der Waals surface area contributed by atoms with Crippen molar-refractivity contribution in [3.63, 3.8) is 0 Å². The number of benzene rings is 1. The summed E-state index contributed by atoms with van der Waals surface area (Å²) < 4.78 is 0. The van der Waals surface area contributed by atoms with Gasteiger partial charge in [0.1, 0.15) is 0 Å². The molecule has 0 radical (unpaired) electrons. The minimum Gasteiger partial charge on any atom is -0.289 e. The minimum atomic E-state index is 0.101. The van der Waals surface area contributed by atoms with Gasteiger partial charge in [0.15, 0.2) is 5.78 Å². The van der Waals surface area contributed by atoms with Crippen LogP contribution >= 0.6 is 0 Å². The first-order valence-electron chi connectivity index (χ1n) is 6.33. The van der Waals surface area contributed by atoms with Crippen molar-refractivity contribution in [3.05, 3.63) is 64.5 Å². The summed E-state index contributed by atoms with van der Waals surface area (Å²) in [5, 5.41) is 0. The molecule has 18 heavy (non-hydrogen) atoms. The number of fused-ring (bicyclic) bond motifs is 1. The second-order valence-corrected chi connectivity index (χ2v) is 4.86. The van der Waals surface area contributed by atoms with Crippen LogP contribution in [0.3, 0.4) is 0 Å². The first-order chi connectivity index (χ1) is 8.75. The van der Waals surface area contributed by atoms with Crippen molar-refractivity contribution in [2.45, 2.75) is 26.2 Å². The molecule has 0 bridgehead atoms. The number of carbonyl (C=O) groups is 1. The molecule has 1 heterocycles. The Morgan fingerprint density at radius 2 is 2.00 bits per heavy atom. The summed E-state index contributed by atoms with van der Waals surface area (Å²) in [4.78, 5) is 16.5. The van der Waals surface area contributed by atoms with Gasteiger partial charge in [-0.25, -0.2) is 0 Å². The number of ketones is 1. The Morgan fingerprint density at radius 3 is 2.83 bits per heavy atom. The quantitative estimate of drug-likeness (QED) is 0.751. The summed E-state index contributed by atoms with van der Waals surface area (Å²) in [6.45, 7) is 1.92. The molecule has 3 rings (SSSR count). The van der Waals surface area contributed by atoms with Gasteiger partial charge >= 0.3 is 0 Å². The smallest absolute Gasteiger partial charge is 0.193 e. The van der Waals surface area contributed by atoms with E-state index in [1.165, 1.54) is 17.5 Å². The molecule has 1 aromatic heterocycles. The molecule has 2 heteroatoms. The lowest BCUT2D eigenvalue weighted by atomic mass is 9.98. The molecule has 2 aromatic rings. The summed E-state index contributed by atoms with van der Waals surface area (Å²) >= 11 is 0. The maximum atomic E-state index is 12.4. The number of carbonyl (C=O) groups excluding carboxylic acids is 1. The van der Waals surface area contributed by atoms with E-state index in [1.54, 1.807) is 18.5 Å². The van der Waals surface area contributed by atoms with E-state index >= 15 is 0 Å². The monoisotopic (exact) mass is 237 g/mol. The van der Waals surface area contributed by atoms with Gasteiger partial charge in [0.05, 0.1) is 0 Å². The van der Waals surface area contributed by atoms with E-state index in [9.17, 15) is 4.79 Å². The highest BCUT2D eigenvalue weighted by Gasteiger charge is 2.16. The molecule has 0 N–H and O–H groups in total. The Morgan fingerprint density at radius 1 is 1.17 bits per heavy atom. The Bertz CT molecular complexity index is 616. The predicted octanol–water partition coefficient (Wildman–Crippen LogP) is 3.11. The highest BCUT2D eigenvalue weighted by molar-refractivity contribution is 6.09. The van der Waals surface area contributed by atoms with Gasteiger partial charge in [0, 0.05) is 23.5 Å². The average Bonchev–Trinajstić information content (AvgIpc) is 2.85. The zero-order chi connectivity index (χ0) is 12.5. The molecule has 1 aromatic carbocycles. The third-order valence-electron chi connectivity index (χ3n) is 3.63. The van der Waals surface area contributed by atoms with E-state index in [-0.39, 0.29) is 5.78 Å². The molecular formula is C16H15NO. The second-order valence-electron chi connectivity index (χ2n) is 4.86. The highest BCUT2D eigenvalue weighted by atomic mass is 16.1. The maximum Gasteiger partial charge on any atom is 0.193 e. The Balaban J connectivity index is 2.01. The average molecular weight is 237 g/mol. The molecule has 0 amide bonds. The molecule has 90 valence electrons. The van der Waals surface area contributed by atoms with Gasteiger partial charge in [-0.3, -0.25) is 9.78 Å². The second kappa shape index (κ2) is 4.37. The fourth-order valence-corrected chi connectivity index (χ4v) is 2.60. The van der Waals surface area contributed by atoms with Gasteiger partial charge in [-0.05, 0) is 55.0 Å². The molecule has 0 saturated carbocycles. The SMILES string of the molecule is Cc1cnccc1C(=O)c1ccc2c(c1)CCC2. The summed E-state index contributed by atoms with van der Waals surface area (Å²) in [6, 6.07) is 7.91. The number of aromatic nitrogens is 1. The van der Waals surface area contributed by atoms with Crippen molar-refractivity contribution in [2.24, 2.45) is 0 Å². The molecule has 2 nitrogen and oxygen atoms in total. The molecule has 0 saturated heterocycles. The van der Waals surface area contributed by atoms with Gasteiger partial charge in [-0.15, -0.1) is 0 Å². The van der Waals surface area contributed by atoms with Crippen LogP contribution in [0.15, 0.2) is 36.7 Å². The van der Waals surface area contributed by atoms with Crippen molar-refractivity contribution < 1.29 is 4.79 Å². The predicted molar refractivity (Wildman–Crippen MR) is 70.9 cm³/mol. The topological polar surface area (TPSA) is 30.0 Å². The van der Waals surface area contributed by atoms with Crippen molar-refractivity contribution in [1.82, 2.24) is 4.98 Å². The van der Waals surface area contributed by atoms with E-state index in [2.05, 4.69) is 17.1 Å². The summed E-state index contributed by atoms with van der Waals surface area (Å²) in [7, 11) is 0. The normalized spacial score (nSPS) is 13.4. The van der Waals surface area contributed by atoms with Gasteiger partial charge < -0.3 is 0 Å². The number of rotatable bonds is 2. The van der Waals surface area contributed by atoms with Crippen LogP contribution in [-0.4, -0.2) is 10.8 Å². The Hall–Kier alpha value is -1.96. The molecule has 1 aliphatic rings. The van der Waals surface area contributed by atoms with Crippen LogP contribution in [0.4, 0.5) is 0 Å². The number of hydrogen-bond acceptors (Lipinski definition) is 2. The van der Waals surface area contributed by atoms with E-state index in [0.29, 0.717) is 0 Å².